The van der Waals surface area contributed by atoms with Crippen LogP contribution in [0.5, 0.6) is 0 Å². The zero-order chi connectivity index (χ0) is 23.0. The van der Waals surface area contributed by atoms with E-state index in [0.29, 0.717) is 22.8 Å². The number of thiol groups is 1. The Kier molecular flexibility index (Phi) is 6.15. The number of hydrogen-bond donors (Lipinski definition) is 2. The Hall–Kier alpha value is -2.63. The first-order valence-corrected chi connectivity index (χ1v) is 10.9. The van der Waals surface area contributed by atoms with E-state index < -0.39 is 22.8 Å². The van der Waals surface area contributed by atoms with Crippen LogP contribution in [-0.2, 0) is 12.7 Å². The number of benzene rings is 1. The number of β-amino-alcohol motifs (C(OH)–C–C–N with tert-alkyl or cyclic N) is 1. The molecule has 3 heterocycles. The minimum atomic E-state index is -4.41. The van der Waals surface area contributed by atoms with E-state index in [4.69, 9.17) is 0 Å². The first-order chi connectivity index (χ1) is 15.1. The van der Waals surface area contributed by atoms with Crippen LogP contribution in [0.1, 0.15) is 20.9 Å². The molecule has 1 aliphatic rings. The van der Waals surface area contributed by atoms with Gasteiger partial charge in [-0.1, -0.05) is 18.2 Å². The number of aliphatic hydroxyl groups excluding tert-OH is 1. The Morgan fingerprint density at radius 2 is 2.06 bits per heavy atom. The maximum Gasteiger partial charge on any atom is 0.425 e. The van der Waals surface area contributed by atoms with Crippen molar-refractivity contribution >= 4 is 35.5 Å². The van der Waals surface area contributed by atoms with Gasteiger partial charge in [0.15, 0.2) is 0 Å². The number of aliphatic hydroxyl groups is 1. The summed E-state index contributed by atoms with van der Waals surface area (Å²) < 4.78 is 39.5. The molecule has 3 aromatic rings. The number of aromatic nitrogens is 3. The number of hydrogen-bond acceptors (Lipinski definition) is 7. The summed E-state index contributed by atoms with van der Waals surface area (Å²) in [4.78, 5) is 22.7. The molecule has 0 saturated heterocycles. The van der Waals surface area contributed by atoms with Gasteiger partial charge >= 0.3 is 11.9 Å². The van der Waals surface area contributed by atoms with Crippen molar-refractivity contribution in [1.82, 2.24) is 14.5 Å². The number of rotatable bonds is 4. The average molecular weight is 481 g/mol. The van der Waals surface area contributed by atoms with Gasteiger partial charge in [-0.25, -0.2) is 9.78 Å². The standard InChI is InChI=1S/C21H19F3N4O2S2/c1-12-14(3-2-4-17(12)31)15-7-8-27(10-16(15)29)19-25-11-28(20(30)26-19)9-13-5-6-18(32-13)21(22,23)24/h2-7,11,16,29,31H,8-10H2,1H3/t16-/m0/s1. The molecule has 11 heteroatoms. The minimum absolute atomic E-state index is 0.0497. The fourth-order valence-electron chi connectivity index (χ4n) is 3.51. The van der Waals surface area contributed by atoms with Crippen LogP contribution in [0.2, 0.25) is 0 Å². The molecule has 2 aromatic heterocycles. The van der Waals surface area contributed by atoms with Crippen LogP contribution in [0.3, 0.4) is 0 Å². The smallest absolute Gasteiger partial charge is 0.387 e. The van der Waals surface area contributed by atoms with Crippen LogP contribution in [0.25, 0.3) is 5.57 Å². The summed E-state index contributed by atoms with van der Waals surface area (Å²) in [5.41, 5.74) is 2.03. The lowest BCUT2D eigenvalue weighted by atomic mass is 9.93. The summed E-state index contributed by atoms with van der Waals surface area (Å²) in [5.74, 6) is 0.155. The largest absolute Gasteiger partial charge is 0.425 e. The molecule has 32 heavy (non-hydrogen) atoms. The summed E-state index contributed by atoms with van der Waals surface area (Å²) in [6, 6.07) is 8.01. The maximum atomic E-state index is 12.8. The normalized spacial score (nSPS) is 16.9. The second-order valence-corrected chi connectivity index (χ2v) is 9.01. The van der Waals surface area contributed by atoms with E-state index >= 15 is 0 Å². The molecule has 0 aliphatic carbocycles. The molecule has 1 N–H and O–H groups in total. The van der Waals surface area contributed by atoms with Gasteiger partial charge in [0.1, 0.15) is 11.2 Å². The molecule has 1 atom stereocenters. The van der Waals surface area contributed by atoms with Crippen molar-refractivity contribution in [2.75, 3.05) is 18.0 Å². The highest BCUT2D eigenvalue weighted by Crippen LogP contribution is 2.34. The van der Waals surface area contributed by atoms with Gasteiger partial charge in [-0.2, -0.15) is 18.2 Å². The molecule has 0 fully saturated rings. The maximum absolute atomic E-state index is 12.8. The molecule has 0 unspecified atom stereocenters. The van der Waals surface area contributed by atoms with Gasteiger partial charge in [-0.3, -0.25) is 4.57 Å². The van der Waals surface area contributed by atoms with Crippen molar-refractivity contribution in [2.24, 2.45) is 0 Å². The van der Waals surface area contributed by atoms with E-state index in [0.717, 1.165) is 32.2 Å². The van der Waals surface area contributed by atoms with Gasteiger partial charge in [-0.15, -0.1) is 24.0 Å². The summed E-state index contributed by atoms with van der Waals surface area (Å²) in [6.07, 6.45) is -2.10. The van der Waals surface area contributed by atoms with Crippen molar-refractivity contribution in [2.45, 2.75) is 30.6 Å². The average Bonchev–Trinajstić information content (AvgIpc) is 3.21. The minimum Gasteiger partial charge on any atom is -0.387 e. The zero-order valence-electron chi connectivity index (χ0n) is 16.9. The van der Waals surface area contributed by atoms with Gasteiger partial charge in [0, 0.05) is 16.3 Å². The lowest BCUT2D eigenvalue weighted by Crippen LogP contribution is -2.40. The number of halogens is 3. The van der Waals surface area contributed by atoms with E-state index in [1.165, 1.54) is 12.4 Å². The fourth-order valence-corrected chi connectivity index (χ4v) is 4.59. The van der Waals surface area contributed by atoms with E-state index in [9.17, 15) is 23.1 Å². The van der Waals surface area contributed by atoms with Gasteiger partial charge in [0.2, 0.25) is 5.95 Å². The van der Waals surface area contributed by atoms with Gasteiger partial charge in [-0.05, 0) is 41.8 Å². The van der Waals surface area contributed by atoms with Crippen LogP contribution in [0, 0.1) is 6.92 Å². The van der Waals surface area contributed by atoms with Crippen molar-refractivity contribution in [3.8, 4) is 0 Å². The van der Waals surface area contributed by atoms with Crippen LogP contribution in [0.4, 0.5) is 19.1 Å². The Morgan fingerprint density at radius 3 is 2.72 bits per heavy atom. The third-order valence-corrected chi connectivity index (χ3v) is 6.80. The SMILES string of the molecule is Cc1c(S)cccc1C1=CCN(c2ncn(Cc3ccc(C(F)(F)F)s3)c(=O)n2)C[C@@H]1O. The predicted octanol–water partition coefficient (Wildman–Crippen LogP) is 3.63. The molecular weight excluding hydrogens is 461 g/mol. The lowest BCUT2D eigenvalue weighted by molar-refractivity contribution is -0.134. The molecule has 168 valence electrons. The van der Waals surface area contributed by atoms with Crippen LogP contribution in [0.15, 0.2) is 52.4 Å². The van der Waals surface area contributed by atoms with Crippen molar-refractivity contribution in [3.63, 3.8) is 0 Å². The van der Waals surface area contributed by atoms with E-state index in [2.05, 4.69) is 22.6 Å². The Labute approximate surface area is 191 Å². The highest BCUT2D eigenvalue weighted by molar-refractivity contribution is 7.80. The predicted molar refractivity (Wildman–Crippen MR) is 119 cm³/mol. The van der Waals surface area contributed by atoms with E-state index in [-0.39, 0.29) is 19.0 Å². The number of nitrogens with zero attached hydrogens (tertiary/aromatic N) is 4. The number of anilines is 1. The first-order valence-electron chi connectivity index (χ1n) is 9.65. The summed E-state index contributed by atoms with van der Waals surface area (Å²) in [6.45, 7) is 2.48. The van der Waals surface area contributed by atoms with Crippen LogP contribution in [-0.4, -0.2) is 38.8 Å². The Balaban J connectivity index is 1.51. The van der Waals surface area contributed by atoms with Crippen LogP contribution >= 0.6 is 24.0 Å². The highest BCUT2D eigenvalue weighted by atomic mass is 32.1. The molecule has 0 spiro atoms. The van der Waals surface area contributed by atoms with E-state index in [1.807, 2.05) is 31.2 Å². The number of thiophene rings is 1. The third-order valence-electron chi connectivity index (χ3n) is 5.20. The molecular formula is C21H19F3N4O2S2. The molecule has 0 radical (unpaired) electrons. The molecule has 0 saturated carbocycles. The van der Waals surface area contributed by atoms with Gasteiger partial charge in [0.25, 0.3) is 0 Å². The monoisotopic (exact) mass is 480 g/mol. The van der Waals surface area contributed by atoms with Crippen molar-refractivity contribution < 1.29 is 18.3 Å². The topological polar surface area (TPSA) is 71.2 Å². The molecule has 0 bridgehead atoms. The number of alkyl halides is 3. The molecule has 1 aliphatic heterocycles. The molecule has 1 aromatic carbocycles. The summed E-state index contributed by atoms with van der Waals surface area (Å²) >= 11 is 5.01. The Bertz CT molecular complexity index is 1240. The van der Waals surface area contributed by atoms with E-state index in [1.54, 1.807) is 4.90 Å². The fraction of sp³-hybridized carbons (Fsp3) is 0.286. The van der Waals surface area contributed by atoms with Crippen molar-refractivity contribution in [1.29, 1.82) is 0 Å². The van der Waals surface area contributed by atoms with Crippen LogP contribution < -0.4 is 10.6 Å². The highest BCUT2D eigenvalue weighted by Gasteiger charge is 2.32. The third kappa shape index (κ3) is 4.59. The molecule has 4 rings (SSSR count). The zero-order valence-corrected chi connectivity index (χ0v) is 18.6. The molecule has 6 nitrogen and oxygen atoms in total. The van der Waals surface area contributed by atoms with Gasteiger partial charge < -0.3 is 10.0 Å². The summed E-state index contributed by atoms with van der Waals surface area (Å²) in [5, 5.41) is 10.7. The Morgan fingerprint density at radius 1 is 1.28 bits per heavy atom. The second-order valence-electron chi connectivity index (χ2n) is 7.36. The quantitative estimate of drug-likeness (QED) is 0.558. The lowest BCUT2D eigenvalue weighted by Gasteiger charge is -2.31. The summed E-state index contributed by atoms with van der Waals surface area (Å²) in [7, 11) is 0. The van der Waals surface area contributed by atoms with Gasteiger partial charge in [0.05, 0.1) is 19.2 Å². The van der Waals surface area contributed by atoms with Crippen molar-refractivity contribution in [3.05, 3.63) is 74.1 Å². The first kappa shape index (κ1) is 22.6. The second kappa shape index (κ2) is 8.72. The molecule has 0 amide bonds.